The number of hydrogen-bond acceptors (Lipinski definition) is 4. The lowest BCUT2D eigenvalue weighted by atomic mass is 9.94. The Labute approximate surface area is 123 Å². The van der Waals surface area contributed by atoms with Crippen LogP contribution < -0.4 is 10.6 Å². The van der Waals surface area contributed by atoms with Crippen molar-refractivity contribution in [1.82, 2.24) is 15.5 Å². The van der Waals surface area contributed by atoms with Crippen LogP contribution >= 0.6 is 0 Å². The van der Waals surface area contributed by atoms with Crippen LogP contribution in [-0.2, 0) is 9.53 Å². The number of methoxy groups -OCH3 is 1. The quantitative estimate of drug-likeness (QED) is 0.723. The molecule has 0 saturated carbocycles. The molecule has 1 aliphatic heterocycles. The first kappa shape index (κ1) is 18.2. The van der Waals surface area contributed by atoms with Gasteiger partial charge in [0.05, 0.1) is 18.6 Å². The van der Waals surface area contributed by atoms with Gasteiger partial charge in [-0.3, -0.25) is 4.79 Å². The molecular weight excluding hydrogens is 287 g/mol. The van der Waals surface area contributed by atoms with Crippen molar-refractivity contribution in [2.24, 2.45) is 5.92 Å². The van der Waals surface area contributed by atoms with E-state index in [2.05, 4.69) is 10.6 Å². The molecular formula is C13H24F3N3O2. The van der Waals surface area contributed by atoms with Crippen LogP contribution in [0.4, 0.5) is 13.2 Å². The highest BCUT2D eigenvalue weighted by Crippen LogP contribution is 2.31. The number of ether oxygens (including phenoxy) is 1. The molecule has 1 rings (SSSR count). The minimum absolute atomic E-state index is 0.00231. The maximum Gasteiger partial charge on any atom is 0.393 e. The minimum Gasteiger partial charge on any atom is -0.383 e. The Morgan fingerprint density at radius 2 is 2.10 bits per heavy atom. The number of nitrogens with one attached hydrogen (secondary N) is 2. The van der Waals surface area contributed by atoms with Crippen molar-refractivity contribution < 1.29 is 22.7 Å². The van der Waals surface area contributed by atoms with Crippen LogP contribution in [0.2, 0.25) is 0 Å². The predicted octanol–water partition coefficient (Wildman–Crippen LogP) is 0.611. The molecule has 1 fully saturated rings. The van der Waals surface area contributed by atoms with Crippen molar-refractivity contribution in [3.63, 3.8) is 0 Å². The van der Waals surface area contributed by atoms with Crippen molar-refractivity contribution in [1.29, 1.82) is 0 Å². The lowest BCUT2D eigenvalue weighted by Crippen LogP contribution is -2.52. The molecule has 0 aromatic rings. The Bertz CT molecular complexity index is 318. The number of hydrogen-bond donors (Lipinski definition) is 2. The van der Waals surface area contributed by atoms with Crippen LogP contribution in [0.3, 0.4) is 0 Å². The molecule has 0 aliphatic carbocycles. The molecule has 2 unspecified atom stereocenters. The monoisotopic (exact) mass is 311 g/mol. The number of nitrogens with zero attached hydrogens (tertiary/aromatic N) is 1. The molecule has 21 heavy (non-hydrogen) atoms. The van der Waals surface area contributed by atoms with Gasteiger partial charge >= 0.3 is 6.18 Å². The van der Waals surface area contributed by atoms with E-state index >= 15 is 0 Å². The largest absolute Gasteiger partial charge is 0.393 e. The maximum atomic E-state index is 12.5. The molecule has 2 atom stereocenters. The summed E-state index contributed by atoms with van der Waals surface area (Å²) in [6, 6.07) is -0.520. The zero-order valence-corrected chi connectivity index (χ0v) is 12.5. The van der Waals surface area contributed by atoms with Crippen molar-refractivity contribution in [3.8, 4) is 0 Å². The predicted molar refractivity (Wildman–Crippen MR) is 73.0 cm³/mol. The summed E-state index contributed by atoms with van der Waals surface area (Å²) in [5.74, 6) is -1.57. The van der Waals surface area contributed by atoms with E-state index in [1.807, 2.05) is 11.9 Å². The fourth-order valence-electron chi connectivity index (χ4n) is 2.21. The van der Waals surface area contributed by atoms with Crippen LogP contribution in [0.1, 0.15) is 12.8 Å². The molecule has 1 aliphatic rings. The average Bonchev–Trinajstić information content (AvgIpc) is 2.44. The average molecular weight is 311 g/mol. The highest BCUT2D eigenvalue weighted by molar-refractivity contribution is 5.81. The lowest BCUT2D eigenvalue weighted by molar-refractivity contribution is -0.180. The van der Waals surface area contributed by atoms with Crippen LogP contribution in [0.25, 0.3) is 0 Å². The Balaban J connectivity index is 2.19. The molecule has 124 valence electrons. The van der Waals surface area contributed by atoms with Gasteiger partial charge in [0.2, 0.25) is 5.91 Å². The van der Waals surface area contributed by atoms with E-state index < -0.39 is 18.1 Å². The van der Waals surface area contributed by atoms with Gasteiger partial charge in [0, 0.05) is 33.3 Å². The van der Waals surface area contributed by atoms with Crippen LogP contribution in [0.5, 0.6) is 0 Å². The minimum atomic E-state index is -4.18. The summed E-state index contributed by atoms with van der Waals surface area (Å²) in [5, 5.41) is 5.43. The highest BCUT2D eigenvalue weighted by Gasteiger charge is 2.42. The number of carbonyl (C=O) groups excluding carboxylic acids is 1. The number of piperidine rings is 1. The van der Waals surface area contributed by atoms with Crippen LogP contribution in [-0.4, -0.2) is 70.0 Å². The van der Waals surface area contributed by atoms with E-state index in [-0.39, 0.29) is 25.3 Å². The fraction of sp³-hybridized carbons (Fsp3) is 0.923. The van der Waals surface area contributed by atoms with Crippen molar-refractivity contribution in [2.45, 2.75) is 25.1 Å². The van der Waals surface area contributed by atoms with Crippen molar-refractivity contribution in [3.05, 3.63) is 0 Å². The third kappa shape index (κ3) is 6.62. The summed E-state index contributed by atoms with van der Waals surface area (Å²) in [6.07, 6.45) is -3.96. The summed E-state index contributed by atoms with van der Waals surface area (Å²) >= 11 is 0. The molecule has 1 amide bonds. The van der Waals surface area contributed by atoms with E-state index in [1.165, 1.54) is 0 Å². The van der Waals surface area contributed by atoms with Crippen molar-refractivity contribution >= 4 is 5.91 Å². The molecule has 0 radical (unpaired) electrons. The number of rotatable bonds is 7. The van der Waals surface area contributed by atoms with Gasteiger partial charge in [-0.1, -0.05) is 0 Å². The summed E-state index contributed by atoms with van der Waals surface area (Å²) in [6.45, 7) is 2.34. The summed E-state index contributed by atoms with van der Waals surface area (Å²) < 4.78 is 42.5. The zero-order chi connectivity index (χ0) is 15.9. The second kappa shape index (κ2) is 8.55. The van der Waals surface area contributed by atoms with E-state index in [0.29, 0.717) is 19.7 Å². The SMILES string of the molecule is COCCN(C)CCNC(=O)C1CCC(C(F)(F)F)CN1. The molecule has 0 bridgehead atoms. The molecule has 5 nitrogen and oxygen atoms in total. The summed E-state index contributed by atoms with van der Waals surface area (Å²) in [5.41, 5.74) is 0. The Kier molecular flexibility index (Phi) is 7.41. The number of halogens is 3. The third-order valence-corrected chi connectivity index (χ3v) is 3.66. The van der Waals surface area contributed by atoms with E-state index in [9.17, 15) is 18.0 Å². The second-order valence-corrected chi connectivity index (χ2v) is 5.36. The Morgan fingerprint density at radius 3 is 2.62 bits per heavy atom. The summed E-state index contributed by atoms with van der Waals surface area (Å²) in [4.78, 5) is 13.9. The van der Waals surface area contributed by atoms with Gasteiger partial charge in [-0.25, -0.2) is 0 Å². The second-order valence-electron chi connectivity index (χ2n) is 5.36. The van der Waals surface area contributed by atoms with Gasteiger partial charge in [0.1, 0.15) is 0 Å². The molecule has 0 aromatic heterocycles. The highest BCUT2D eigenvalue weighted by atomic mass is 19.4. The normalized spacial score (nSPS) is 23.3. The van der Waals surface area contributed by atoms with Gasteiger partial charge in [0.15, 0.2) is 0 Å². The van der Waals surface area contributed by atoms with E-state index in [4.69, 9.17) is 4.74 Å². The number of likely N-dealkylation sites (N-methyl/N-ethyl adjacent to an activating group) is 1. The number of alkyl halides is 3. The first-order valence-electron chi connectivity index (χ1n) is 7.10. The van der Waals surface area contributed by atoms with Gasteiger partial charge in [-0.05, 0) is 19.9 Å². The topological polar surface area (TPSA) is 53.6 Å². The zero-order valence-electron chi connectivity index (χ0n) is 12.5. The van der Waals surface area contributed by atoms with Gasteiger partial charge in [0.25, 0.3) is 0 Å². The third-order valence-electron chi connectivity index (χ3n) is 3.66. The molecule has 0 spiro atoms. The standard InChI is InChI=1S/C13H24F3N3O2/c1-19(7-8-21-2)6-5-17-12(20)11-4-3-10(9-18-11)13(14,15)16/h10-11,18H,3-9H2,1-2H3,(H,17,20). The molecule has 1 heterocycles. The maximum absolute atomic E-state index is 12.5. The Morgan fingerprint density at radius 1 is 1.38 bits per heavy atom. The van der Waals surface area contributed by atoms with Gasteiger partial charge in [-0.15, -0.1) is 0 Å². The summed E-state index contributed by atoms with van der Waals surface area (Å²) in [7, 11) is 3.54. The smallest absolute Gasteiger partial charge is 0.383 e. The lowest BCUT2D eigenvalue weighted by Gasteiger charge is -2.30. The van der Waals surface area contributed by atoms with Gasteiger partial charge in [-0.2, -0.15) is 13.2 Å². The van der Waals surface area contributed by atoms with E-state index in [1.54, 1.807) is 7.11 Å². The Hall–Kier alpha value is -0.860. The first-order valence-corrected chi connectivity index (χ1v) is 7.10. The number of amides is 1. The molecule has 0 aromatic carbocycles. The van der Waals surface area contributed by atoms with Crippen molar-refractivity contribution in [2.75, 3.05) is 46.9 Å². The molecule has 1 saturated heterocycles. The molecule has 8 heteroatoms. The fourth-order valence-corrected chi connectivity index (χ4v) is 2.21. The van der Waals surface area contributed by atoms with E-state index in [0.717, 1.165) is 6.54 Å². The van der Waals surface area contributed by atoms with Crippen LogP contribution in [0, 0.1) is 5.92 Å². The molecule has 2 N–H and O–H groups in total. The number of carbonyl (C=O) groups is 1. The van der Waals surface area contributed by atoms with Gasteiger partial charge < -0.3 is 20.3 Å². The van der Waals surface area contributed by atoms with Crippen LogP contribution in [0.15, 0.2) is 0 Å². The first-order chi connectivity index (χ1) is 9.84.